The summed E-state index contributed by atoms with van der Waals surface area (Å²) >= 11 is 0. The normalized spacial score (nSPS) is 12.7. The predicted octanol–water partition coefficient (Wildman–Crippen LogP) is 0.955. The highest BCUT2D eigenvalue weighted by atomic mass is 32.2. The smallest absolute Gasteiger partial charge is 0.348 e. The number of hydrogen-bond acceptors (Lipinski definition) is 9. The molecule has 1 atom stereocenters. The van der Waals surface area contributed by atoms with Crippen molar-refractivity contribution in [2.75, 3.05) is 18.9 Å². The average molecular weight is 445 g/mol. The molecule has 1 aromatic heterocycles. The zero-order valence-electron chi connectivity index (χ0n) is 17.5. The second-order valence-electron chi connectivity index (χ2n) is 7.31. The second-order valence-corrected chi connectivity index (χ2v) is 9.07. The fraction of sp³-hybridized carbons (Fsp3) is 0.579. The summed E-state index contributed by atoms with van der Waals surface area (Å²) in [5, 5.41) is 2.49. The predicted molar refractivity (Wildman–Crippen MR) is 106 cm³/mol. The van der Waals surface area contributed by atoms with Crippen LogP contribution in [0.5, 0.6) is 0 Å². The van der Waals surface area contributed by atoms with Gasteiger partial charge in [0.05, 0.1) is 12.4 Å². The lowest BCUT2D eigenvalue weighted by atomic mass is 9.87. The Labute approximate surface area is 176 Å². The van der Waals surface area contributed by atoms with Crippen LogP contribution in [-0.2, 0) is 44.8 Å². The van der Waals surface area contributed by atoms with E-state index >= 15 is 0 Å². The molecule has 30 heavy (non-hydrogen) atoms. The summed E-state index contributed by atoms with van der Waals surface area (Å²) in [5.41, 5.74) is -0.550. The maximum atomic E-state index is 12.5. The van der Waals surface area contributed by atoms with Crippen LogP contribution in [0.3, 0.4) is 0 Å². The highest BCUT2D eigenvalue weighted by Crippen LogP contribution is 2.26. The number of aromatic nitrogens is 1. The standard InChI is InChI=1S/C19H28N2O8S/c1-14(22)21-9-6-10-30(25,26)28-13-19(3,4)17(29-15(2)23)18(24)27-12-16-7-5-8-20-11-16/h5,7-8,11,17H,6,9-10,12-13H2,1-4H3,(H,21,22)/t17-/m0/s1. The molecule has 1 N–H and O–H groups in total. The van der Waals surface area contributed by atoms with Gasteiger partial charge >= 0.3 is 11.9 Å². The molecule has 0 saturated carbocycles. The van der Waals surface area contributed by atoms with E-state index in [4.69, 9.17) is 13.7 Å². The van der Waals surface area contributed by atoms with Crippen molar-refractivity contribution in [3.05, 3.63) is 30.1 Å². The van der Waals surface area contributed by atoms with Gasteiger partial charge in [-0.05, 0) is 12.5 Å². The van der Waals surface area contributed by atoms with E-state index in [-0.39, 0.29) is 31.2 Å². The summed E-state index contributed by atoms with van der Waals surface area (Å²) in [5.74, 6) is -2.12. The molecule has 0 aliphatic carbocycles. The third-order valence-electron chi connectivity index (χ3n) is 3.87. The number of amides is 1. The number of nitrogens with one attached hydrogen (secondary N) is 1. The minimum atomic E-state index is -3.91. The van der Waals surface area contributed by atoms with E-state index in [0.717, 1.165) is 6.92 Å². The molecule has 0 radical (unpaired) electrons. The van der Waals surface area contributed by atoms with Crippen molar-refractivity contribution in [3.63, 3.8) is 0 Å². The number of carbonyl (C=O) groups excluding carboxylic acids is 3. The first-order chi connectivity index (χ1) is 13.9. The zero-order chi connectivity index (χ0) is 22.8. The molecule has 0 bridgehead atoms. The molecule has 10 nitrogen and oxygen atoms in total. The number of carbonyl (C=O) groups is 3. The highest BCUT2D eigenvalue weighted by molar-refractivity contribution is 7.86. The number of ether oxygens (including phenoxy) is 2. The van der Waals surface area contributed by atoms with E-state index in [1.54, 1.807) is 18.3 Å². The van der Waals surface area contributed by atoms with Gasteiger partial charge < -0.3 is 14.8 Å². The summed E-state index contributed by atoms with van der Waals surface area (Å²) in [4.78, 5) is 38.7. The van der Waals surface area contributed by atoms with Crippen molar-refractivity contribution < 1.29 is 36.5 Å². The van der Waals surface area contributed by atoms with Gasteiger partial charge in [-0.3, -0.25) is 18.8 Å². The van der Waals surface area contributed by atoms with Crippen LogP contribution >= 0.6 is 0 Å². The van der Waals surface area contributed by atoms with E-state index in [2.05, 4.69) is 10.3 Å². The third-order valence-corrected chi connectivity index (χ3v) is 5.13. The van der Waals surface area contributed by atoms with Crippen molar-refractivity contribution >= 4 is 28.0 Å². The third kappa shape index (κ3) is 9.79. The Balaban J connectivity index is 2.71. The molecule has 0 aromatic carbocycles. The molecule has 0 aliphatic heterocycles. The summed E-state index contributed by atoms with van der Waals surface area (Å²) in [6, 6.07) is 3.39. The van der Waals surface area contributed by atoms with Crippen LogP contribution in [0.15, 0.2) is 24.5 Å². The first kappa shape index (κ1) is 25.5. The second kappa shape index (κ2) is 11.6. The Kier molecular flexibility index (Phi) is 9.86. The number of rotatable bonds is 12. The van der Waals surface area contributed by atoms with Gasteiger partial charge in [0.2, 0.25) is 12.0 Å². The first-order valence-electron chi connectivity index (χ1n) is 9.27. The summed E-state index contributed by atoms with van der Waals surface area (Å²) < 4.78 is 39.5. The SMILES string of the molecule is CC(=O)NCCCS(=O)(=O)OCC(C)(C)[C@@H](OC(C)=O)C(=O)OCc1cccnc1. The molecule has 1 heterocycles. The number of pyridine rings is 1. The van der Waals surface area contributed by atoms with Crippen LogP contribution in [0.1, 0.15) is 39.7 Å². The van der Waals surface area contributed by atoms with Crippen molar-refractivity contribution in [3.8, 4) is 0 Å². The van der Waals surface area contributed by atoms with Crippen LogP contribution in [0.4, 0.5) is 0 Å². The molecule has 0 saturated heterocycles. The highest BCUT2D eigenvalue weighted by Gasteiger charge is 2.41. The molecule has 11 heteroatoms. The van der Waals surface area contributed by atoms with Gasteiger partial charge in [0.15, 0.2) is 0 Å². The molecule has 0 unspecified atom stereocenters. The quantitative estimate of drug-likeness (QED) is 0.284. The van der Waals surface area contributed by atoms with Crippen molar-refractivity contribution in [2.45, 2.75) is 46.8 Å². The van der Waals surface area contributed by atoms with Crippen LogP contribution in [0.2, 0.25) is 0 Å². The molecule has 1 rings (SSSR count). The minimum absolute atomic E-state index is 0.0805. The molecule has 0 spiro atoms. The lowest BCUT2D eigenvalue weighted by Gasteiger charge is -2.31. The van der Waals surface area contributed by atoms with Crippen molar-refractivity contribution in [2.24, 2.45) is 5.41 Å². The molecule has 0 fully saturated rings. The van der Waals surface area contributed by atoms with Crippen LogP contribution in [0, 0.1) is 5.41 Å². The number of hydrogen-bond donors (Lipinski definition) is 1. The van der Waals surface area contributed by atoms with Gasteiger partial charge in [-0.25, -0.2) is 4.79 Å². The van der Waals surface area contributed by atoms with E-state index in [9.17, 15) is 22.8 Å². The van der Waals surface area contributed by atoms with E-state index in [1.807, 2.05) is 0 Å². The van der Waals surface area contributed by atoms with E-state index in [1.165, 1.54) is 27.0 Å². The Bertz CT molecular complexity index is 824. The van der Waals surface area contributed by atoms with Crippen LogP contribution in [-0.4, -0.2) is 56.3 Å². The van der Waals surface area contributed by atoms with Gasteiger partial charge in [0, 0.05) is 43.8 Å². The number of nitrogens with zero attached hydrogens (tertiary/aromatic N) is 1. The maximum Gasteiger partial charge on any atom is 0.348 e. The molecule has 1 aromatic rings. The van der Waals surface area contributed by atoms with Crippen molar-refractivity contribution in [1.82, 2.24) is 10.3 Å². The Morgan fingerprint density at radius 2 is 1.93 bits per heavy atom. The van der Waals surface area contributed by atoms with Gasteiger partial charge in [0.1, 0.15) is 6.61 Å². The fourth-order valence-electron chi connectivity index (χ4n) is 2.30. The van der Waals surface area contributed by atoms with Gasteiger partial charge in [-0.2, -0.15) is 8.42 Å². The van der Waals surface area contributed by atoms with Gasteiger partial charge in [-0.15, -0.1) is 0 Å². The summed E-state index contributed by atoms with van der Waals surface area (Å²) in [6.45, 7) is 5.22. The maximum absolute atomic E-state index is 12.5. The van der Waals surface area contributed by atoms with Gasteiger partial charge in [0.25, 0.3) is 10.1 Å². The van der Waals surface area contributed by atoms with Crippen LogP contribution in [0.25, 0.3) is 0 Å². The first-order valence-corrected chi connectivity index (χ1v) is 10.8. The number of esters is 2. The molecular weight excluding hydrogens is 416 g/mol. The molecule has 0 aliphatic rings. The van der Waals surface area contributed by atoms with Gasteiger partial charge in [-0.1, -0.05) is 19.9 Å². The largest absolute Gasteiger partial charge is 0.458 e. The van der Waals surface area contributed by atoms with E-state index in [0.29, 0.717) is 5.56 Å². The topological polar surface area (TPSA) is 138 Å². The molecular formula is C19H28N2O8S. The average Bonchev–Trinajstić information content (AvgIpc) is 2.67. The summed E-state index contributed by atoms with van der Waals surface area (Å²) in [7, 11) is -3.91. The summed E-state index contributed by atoms with van der Waals surface area (Å²) in [6.07, 6.45) is 1.89. The monoisotopic (exact) mass is 444 g/mol. The zero-order valence-corrected chi connectivity index (χ0v) is 18.4. The molecule has 1 amide bonds. The van der Waals surface area contributed by atoms with Crippen molar-refractivity contribution in [1.29, 1.82) is 0 Å². The Morgan fingerprint density at radius 1 is 1.23 bits per heavy atom. The Morgan fingerprint density at radius 3 is 2.50 bits per heavy atom. The lowest BCUT2D eigenvalue weighted by molar-refractivity contribution is -0.177. The minimum Gasteiger partial charge on any atom is -0.458 e. The van der Waals surface area contributed by atoms with E-state index < -0.39 is 40.2 Å². The lowest BCUT2D eigenvalue weighted by Crippen LogP contribution is -2.44. The Hall–Kier alpha value is -2.53. The fourth-order valence-corrected chi connectivity index (χ4v) is 3.39. The van der Waals surface area contributed by atoms with Crippen LogP contribution < -0.4 is 5.32 Å². The molecule has 168 valence electrons.